The third-order valence-electron chi connectivity index (χ3n) is 2.41. The lowest BCUT2D eigenvalue weighted by molar-refractivity contribution is -0.139. The molecule has 0 saturated carbocycles. The smallest absolute Gasteiger partial charge is 0.341 e. The maximum absolute atomic E-state index is 11.7. The van der Waals surface area contributed by atoms with Crippen LogP contribution < -0.4 is 15.4 Å². The second kappa shape index (κ2) is 6.37. The van der Waals surface area contributed by atoms with E-state index >= 15 is 0 Å². The number of carbonyl (C=O) groups excluding carboxylic acids is 1. The Balaban J connectivity index is 1.89. The van der Waals surface area contributed by atoms with Gasteiger partial charge < -0.3 is 15.2 Å². The Kier molecular flexibility index (Phi) is 4.34. The highest BCUT2D eigenvalue weighted by Gasteiger charge is 2.07. The minimum Gasteiger partial charge on any atom is -0.482 e. The number of anilines is 2. The molecule has 0 unspecified atom stereocenters. The third-order valence-corrected chi connectivity index (χ3v) is 2.41. The Morgan fingerprint density at radius 3 is 2.57 bits per heavy atom. The lowest BCUT2D eigenvalue weighted by atomic mass is 10.3. The number of nitrogens with zero attached hydrogens (tertiary/aromatic N) is 3. The second-order valence-corrected chi connectivity index (χ2v) is 3.99. The number of benzene rings is 1. The van der Waals surface area contributed by atoms with Crippen LogP contribution >= 0.6 is 0 Å². The molecule has 2 aromatic rings. The SMILES string of the molecule is Cn1ncnc1NC(=O)Nc1ccc(OCC(=O)O)cc1. The van der Waals surface area contributed by atoms with Gasteiger partial charge in [0.1, 0.15) is 12.1 Å². The summed E-state index contributed by atoms with van der Waals surface area (Å²) in [6, 6.07) is 5.83. The number of aliphatic carboxylic acids is 1. The van der Waals surface area contributed by atoms with Gasteiger partial charge in [-0.1, -0.05) is 0 Å². The molecule has 0 spiro atoms. The molecule has 9 heteroatoms. The van der Waals surface area contributed by atoms with E-state index in [1.54, 1.807) is 31.3 Å². The molecule has 0 radical (unpaired) electrons. The first kappa shape index (κ1) is 14.3. The fourth-order valence-corrected chi connectivity index (χ4v) is 1.45. The van der Waals surface area contributed by atoms with Gasteiger partial charge in [-0.3, -0.25) is 5.32 Å². The third kappa shape index (κ3) is 4.20. The maximum atomic E-state index is 11.7. The molecule has 1 aromatic heterocycles. The summed E-state index contributed by atoms with van der Waals surface area (Å²) in [4.78, 5) is 25.9. The molecule has 0 aliphatic heterocycles. The molecule has 0 aliphatic carbocycles. The van der Waals surface area contributed by atoms with Crippen LogP contribution in [0, 0.1) is 0 Å². The van der Waals surface area contributed by atoms with Crippen molar-refractivity contribution in [1.82, 2.24) is 14.8 Å². The van der Waals surface area contributed by atoms with Gasteiger partial charge in [-0.25, -0.2) is 14.3 Å². The molecule has 21 heavy (non-hydrogen) atoms. The lowest BCUT2D eigenvalue weighted by Gasteiger charge is -2.08. The van der Waals surface area contributed by atoms with E-state index in [0.717, 1.165) is 0 Å². The van der Waals surface area contributed by atoms with Crippen LogP contribution in [-0.4, -0.2) is 38.5 Å². The highest BCUT2D eigenvalue weighted by molar-refractivity contribution is 5.98. The van der Waals surface area contributed by atoms with Crippen LogP contribution in [0.4, 0.5) is 16.4 Å². The van der Waals surface area contributed by atoms with Crippen molar-refractivity contribution >= 4 is 23.6 Å². The summed E-state index contributed by atoms with van der Waals surface area (Å²) >= 11 is 0. The van der Waals surface area contributed by atoms with Crippen LogP contribution in [-0.2, 0) is 11.8 Å². The molecular weight excluding hydrogens is 278 g/mol. The minimum atomic E-state index is -1.06. The molecule has 0 saturated heterocycles. The van der Waals surface area contributed by atoms with E-state index in [1.807, 2.05) is 0 Å². The van der Waals surface area contributed by atoms with Crippen molar-refractivity contribution in [2.75, 3.05) is 17.2 Å². The Morgan fingerprint density at radius 2 is 2.00 bits per heavy atom. The van der Waals surface area contributed by atoms with E-state index in [9.17, 15) is 9.59 Å². The van der Waals surface area contributed by atoms with E-state index in [1.165, 1.54) is 11.0 Å². The highest BCUT2D eigenvalue weighted by Crippen LogP contribution is 2.15. The normalized spacial score (nSPS) is 9.95. The van der Waals surface area contributed by atoms with E-state index < -0.39 is 18.6 Å². The number of amides is 2. The van der Waals surface area contributed by atoms with Gasteiger partial charge in [-0.15, -0.1) is 0 Å². The predicted molar refractivity (Wildman–Crippen MR) is 73.2 cm³/mol. The minimum absolute atomic E-state index is 0.314. The molecule has 1 heterocycles. The van der Waals surface area contributed by atoms with Gasteiger partial charge >= 0.3 is 12.0 Å². The molecular formula is C12H13N5O4. The predicted octanol–water partition coefficient (Wildman–Crippen LogP) is 0.922. The van der Waals surface area contributed by atoms with Crippen molar-refractivity contribution in [2.45, 2.75) is 0 Å². The van der Waals surface area contributed by atoms with Crippen molar-refractivity contribution in [2.24, 2.45) is 7.05 Å². The fourth-order valence-electron chi connectivity index (χ4n) is 1.45. The number of urea groups is 1. The molecule has 9 nitrogen and oxygen atoms in total. The number of ether oxygens (including phenoxy) is 1. The molecule has 0 fully saturated rings. The summed E-state index contributed by atoms with van der Waals surface area (Å²) in [6.07, 6.45) is 1.32. The number of aryl methyl sites for hydroxylation is 1. The van der Waals surface area contributed by atoms with Gasteiger partial charge in [0, 0.05) is 12.7 Å². The topological polar surface area (TPSA) is 118 Å². The van der Waals surface area contributed by atoms with Crippen molar-refractivity contribution in [1.29, 1.82) is 0 Å². The van der Waals surface area contributed by atoms with Crippen LogP contribution in [0.25, 0.3) is 0 Å². The number of carboxylic acid groups (broad SMARTS) is 1. The van der Waals surface area contributed by atoms with Crippen molar-refractivity contribution in [3.05, 3.63) is 30.6 Å². The molecule has 0 atom stereocenters. The van der Waals surface area contributed by atoms with Crippen molar-refractivity contribution in [3.8, 4) is 5.75 Å². The number of carbonyl (C=O) groups is 2. The zero-order valence-corrected chi connectivity index (χ0v) is 11.1. The number of hydrogen-bond donors (Lipinski definition) is 3. The van der Waals surface area contributed by atoms with E-state index in [2.05, 4.69) is 20.7 Å². The van der Waals surface area contributed by atoms with Gasteiger partial charge in [-0.2, -0.15) is 10.1 Å². The van der Waals surface area contributed by atoms with E-state index in [4.69, 9.17) is 9.84 Å². The van der Waals surface area contributed by atoms with Crippen molar-refractivity contribution < 1.29 is 19.4 Å². The summed E-state index contributed by atoms with van der Waals surface area (Å²) in [5.41, 5.74) is 0.525. The van der Waals surface area contributed by atoms with E-state index in [0.29, 0.717) is 17.4 Å². The lowest BCUT2D eigenvalue weighted by Crippen LogP contribution is -2.21. The summed E-state index contributed by atoms with van der Waals surface area (Å²) in [6.45, 7) is -0.417. The number of hydrogen-bond acceptors (Lipinski definition) is 5. The summed E-state index contributed by atoms with van der Waals surface area (Å²) in [5, 5.41) is 17.4. The number of nitrogens with one attached hydrogen (secondary N) is 2. The summed E-state index contributed by atoms with van der Waals surface area (Å²) in [5.74, 6) is -0.342. The van der Waals surface area contributed by atoms with Gasteiger partial charge in [0.15, 0.2) is 6.61 Å². The number of carboxylic acids is 1. The Morgan fingerprint density at radius 1 is 1.29 bits per heavy atom. The highest BCUT2D eigenvalue weighted by atomic mass is 16.5. The second-order valence-electron chi connectivity index (χ2n) is 3.99. The fraction of sp³-hybridized carbons (Fsp3) is 0.167. The monoisotopic (exact) mass is 291 g/mol. The number of rotatable bonds is 5. The average molecular weight is 291 g/mol. The maximum Gasteiger partial charge on any atom is 0.341 e. The zero-order chi connectivity index (χ0) is 15.2. The zero-order valence-electron chi connectivity index (χ0n) is 11.1. The summed E-state index contributed by atoms with van der Waals surface area (Å²) in [7, 11) is 1.65. The van der Waals surface area contributed by atoms with Crippen LogP contribution in [0.2, 0.25) is 0 Å². The largest absolute Gasteiger partial charge is 0.482 e. The molecule has 110 valence electrons. The Hall–Kier alpha value is -3.10. The van der Waals surface area contributed by atoms with Gasteiger partial charge in [0.05, 0.1) is 0 Å². The van der Waals surface area contributed by atoms with Gasteiger partial charge in [0.2, 0.25) is 5.95 Å². The first-order chi connectivity index (χ1) is 10.0. The molecule has 2 rings (SSSR count). The number of aromatic nitrogens is 3. The van der Waals surface area contributed by atoms with Crippen LogP contribution in [0.5, 0.6) is 5.75 Å². The first-order valence-electron chi connectivity index (χ1n) is 5.91. The molecule has 2 amide bonds. The summed E-state index contributed by atoms with van der Waals surface area (Å²) < 4.78 is 6.40. The first-order valence-corrected chi connectivity index (χ1v) is 5.91. The molecule has 0 bridgehead atoms. The van der Waals surface area contributed by atoms with Crippen LogP contribution in [0.3, 0.4) is 0 Å². The Bertz CT molecular complexity index is 637. The molecule has 0 aliphatic rings. The Labute approximate surface area is 119 Å². The molecule has 1 aromatic carbocycles. The standard InChI is InChI=1S/C12H13N5O4/c1-17-11(13-7-14-17)16-12(20)15-8-2-4-9(5-3-8)21-6-10(18)19/h2-5,7H,6H2,1H3,(H,18,19)(H2,13,14,15,16,20). The average Bonchev–Trinajstić information content (AvgIpc) is 2.83. The van der Waals surface area contributed by atoms with Gasteiger partial charge in [0.25, 0.3) is 0 Å². The van der Waals surface area contributed by atoms with Crippen LogP contribution in [0.15, 0.2) is 30.6 Å². The van der Waals surface area contributed by atoms with Gasteiger partial charge in [-0.05, 0) is 24.3 Å². The quantitative estimate of drug-likeness (QED) is 0.754. The molecule has 3 N–H and O–H groups in total. The van der Waals surface area contributed by atoms with E-state index in [-0.39, 0.29) is 0 Å². The van der Waals surface area contributed by atoms with Crippen LogP contribution in [0.1, 0.15) is 0 Å². The van der Waals surface area contributed by atoms with Crippen molar-refractivity contribution in [3.63, 3.8) is 0 Å².